The SMILES string of the molecule is Cc1c(C(=O)NC2CCCC2CCC(C)C)nnn1C1CCNCC1. The zero-order valence-corrected chi connectivity index (χ0v) is 15.9. The Hall–Kier alpha value is -1.43. The molecule has 1 amide bonds. The van der Waals surface area contributed by atoms with Crippen molar-refractivity contribution in [1.29, 1.82) is 0 Å². The van der Waals surface area contributed by atoms with E-state index in [1.54, 1.807) is 0 Å². The second-order valence-corrected chi connectivity index (χ2v) is 8.19. The number of hydrogen-bond acceptors (Lipinski definition) is 4. The first-order valence-corrected chi connectivity index (χ1v) is 9.99. The number of rotatable bonds is 6. The van der Waals surface area contributed by atoms with E-state index in [0.717, 1.165) is 44.0 Å². The van der Waals surface area contributed by atoms with Crippen molar-refractivity contribution in [2.45, 2.75) is 77.8 Å². The van der Waals surface area contributed by atoms with Crippen molar-refractivity contribution in [3.8, 4) is 0 Å². The molecule has 0 spiro atoms. The quantitative estimate of drug-likeness (QED) is 0.830. The van der Waals surface area contributed by atoms with Crippen LogP contribution in [0, 0.1) is 18.8 Å². The molecule has 1 aromatic heterocycles. The molecule has 1 saturated heterocycles. The molecule has 6 nitrogen and oxygen atoms in total. The van der Waals surface area contributed by atoms with Gasteiger partial charge in [0, 0.05) is 6.04 Å². The molecule has 0 radical (unpaired) electrons. The van der Waals surface area contributed by atoms with E-state index in [-0.39, 0.29) is 5.91 Å². The highest BCUT2D eigenvalue weighted by Gasteiger charge is 2.30. The van der Waals surface area contributed by atoms with Gasteiger partial charge in [-0.3, -0.25) is 4.79 Å². The van der Waals surface area contributed by atoms with Gasteiger partial charge < -0.3 is 10.6 Å². The zero-order valence-electron chi connectivity index (χ0n) is 15.9. The van der Waals surface area contributed by atoms with Gasteiger partial charge >= 0.3 is 0 Å². The molecule has 1 aliphatic heterocycles. The summed E-state index contributed by atoms with van der Waals surface area (Å²) in [5, 5.41) is 15.1. The topological polar surface area (TPSA) is 71.8 Å². The number of carbonyl (C=O) groups is 1. The van der Waals surface area contributed by atoms with E-state index in [4.69, 9.17) is 0 Å². The minimum Gasteiger partial charge on any atom is -0.348 e. The monoisotopic (exact) mass is 347 g/mol. The Morgan fingerprint density at radius 2 is 2.04 bits per heavy atom. The summed E-state index contributed by atoms with van der Waals surface area (Å²) in [6.07, 6.45) is 8.09. The Balaban J connectivity index is 1.62. The van der Waals surface area contributed by atoms with E-state index in [2.05, 4.69) is 34.8 Å². The molecule has 2 atom stereocenters. The van der Waals surface area contributed by atoms with Crippen molar-refractivity contribution in [2.24, 2.45) is 11.8 Å². The molecule has 2 fully saturated rings. The summed E-state index contributed by atoms with van der Waals surface area (Å²) in [4.78, 5) is 12.8. The van der Waals surface area contributed by atoms with Crippen molar-refractivity contribution in [1.82, 2.24) is 25.6 Å². The molecule has 2 aliphatic rings. The van der Waals surface area contributed by atoms with Crippen LogP contribution in [-0.4, -0.2) is 40.0 Å². The molecule has 2 N–H and O–H groups in total. The van der Waals surface area contributed by atoms with Gasteiger partial charge in [0.25, 0.3) is 5.91 Å². The lowest BCUT2D eigenvalue weighted by atomic mass is 9.93. The van der Waals surface area contributed by atoms with E-state index in [1.165, 1.54) is 25.7 Å². The van der Waals surface area contributed by atoms with Crippen LogP contribution in [0.25, 0.3) is 0 Å². The second kappa shape index (κ2) is 8.30. The van der Waals surface area contributed by atoms with E-state index >= 15 is 0 Å². The third-order valence-electron chi connectivity index (χ3n) is 5.89. The summed E-state index contributed by atoms with van der Waals surface area (Å²) >= 11 is 0. The van der Waals surface area contributed by atoms with Gasteiger partial charge in [-0.15, -0.1) is 5.10 Å². The highest BCUT2D eigenvalue weighted by atomic mass is 16.2. The molecule has 6 heteroatoms. The molecule has 0 bridgehead atoms. The first-order chi connectivity index (χ1) is 12.1. The standard InChI is InChI=1S/C19H33N5O/c1-13(2)7-8-15-5-4-6-17(15)21-19(25)18-14(3)24(23-22-18)16-9-11-20-12-10-16/h13,15-17,20H,4-12H2,1-3H3,(H,21,25). The number of hydrogen-bond donors (Lipinski definition) is 2. The van der Waals surface area contributed by atoms with E-state index in [0.29, 0.717) is 23.7 Å². The highest BCUT2D eigenvalue weighted by molar-refractivity contribution is 5.93. The van der Waals surface area contributed by atoms with Crippen LogP contribution in [0.2, 0.25) is 0 Å². The van der Waals surface area contributed by atoms with Crippen molar-refractivity contribution >= 4 is 5.91 Å². The van der Waals surface area contributed by atoms with Crippen LogP contribution in [0.4, 0.5) is 0 Å². The number of nitrogens with zero attached hydrogens (tertiary/aromatic N) is 3. The smallest absolute Gasteiger partial charge is 0.273 e. The van der Waals surface area contributed by atoms with Crippen molar-refractivity contribution in [3.63, 3.8) is 0 Å². The number of piperidine rings is 1. The highest BCUT2D eigenvalue weighted by Crippen LogP contribution is 2.31. The third-order valence-corrected chi connectivity index (χ3v) is 5.89. The number of amides is 1. The third kappa shape index (κ3) is 4.40. The lowest BCUT2D eigenvalue weighted by Gasteiger charge is -2.23. The normalized spacial score (nSPS) is 24.8. The van der Waals surface area contributed by atoms with E-state index < -0.39 is 0 Å². The van der Waals surface area contributed by atoms with Gasteiger partial charge in [-0.05, 0) is 64.0 Å². The fraction of sp³-hybridized carbons (Fsp3) is 0.842. The molecule has 2 heterocycles. The Labute approximate surface area is 151 Å². The molecule has 3 rings (SSSR count). The van der Waals surface area contributed by atoms with Gasteiger partial charge in [-0.25, -0.2) is 4.68 Å². The molecule has 0 aromatic carbocycles. The van der Waals surface area contributed by atoms with Crippen LogP contribution in [0.5, 0.6) is 0 Å². The van der Waals surface area contributed by atoms with Gasteiger partial charge in [-0.1, -0.05) is 31.9 Å². The number of nitrogens with one attached hydrogen (secondary N) is 2. The minimum absolute atomic E-state index is 0.0425. The second-order valence-electron chi connectivity index (χ2n) is 8.19. The lowest BCUT2D eigenvalue weighted by Crippen LogP contribution is -2.38. The predicted octanol–water partition coefficient (Wildman–Crippen LogP) is 2.85. The van der Waals surface area contributed by atoms with Gasteiger partial charge in [-0.2, -0.15) is 0 Å². The molecular formula is C19H33N5O. The molecule has 1 aromatic rings. The molecule has 2 unspecified atom stereocenters. The summed E-state index contributed by atoms with van der Waals surface area (Å²) in [7, 11) is 0. The molecule has 1 aliphatic carbocycles. The molecule has 25 heavy (non-hydrogen) atoms. The maximum Gasteiger partial charge on any atom is 0.273 e. The van der Waals surface area contributed by atoms with Crippen molar-refractivity contribution in [3.05, 3.63) is 11.4 Å². The number of aromatic nitrogens is 3. The van der Waals surface area contributed by atoms with Crippen LogP contribution in [0.1, 0.15) is 81.0 Å². The summed E-state index contributed by atoms with van der Waals surface area (Å²) < 4.78 is 1.96. The molecule has 140 valence electrons. The largest absolute Gasteiger partial charge is 0.348 e. The van der Waals surface area contributed by atoms with Crippen molar-refractivity contribution < 1.29 is 4.79 Å². The van der Waals surface area contributed by atoms with Gasteiger partial charge in [0.1, 0.15) is 0 Å². The van der Waals surface area contributed by atoms with Gasteiger partial charge in [0.2, 0.25) is 0 Å². The summed E-state index contributed by atoms with van der Waals surface area (Å²) in [5.74, 6) is 1.30. The maximum absolute atomic E-state index is 12.8. The fourth-order valence-corrected chi connectivity index (χ4v) is 4.31. The van der Waals surface area contributed by atoms with Crippen LogP contribution >= 0.6 is 0 Å². The Bertz CT molecular complexity index is 576. The summed E-state index contributed by atoms with van der Waals surface area (Å²) in [5.41, 5.74) is 1.41. The minimum atomic E-state index is -0.0425. The molecule has 1 saturated carbocycles. The van der Waals surface area contributed by atoms with Crippen LogP contribution in [-0.2, 0) is 0 Å². The first-order valence-electron chi connectivity index (χ1n) is 9.99. The number of carbonyl (C=O) groups excluding carboxylic acids is 1. The average Bonchev–Trinajstić information content (AvgIpc) is 3.20. The average molecular weight is 348 g/mol. The Kier molecular flexibility index (Phi) is 6.10. The van der Waals surface area contributed by atoms with E-state index in [1.807, 2.05) is 11.6 Å². The Morgan fingerprint density at radius 1 is 1.28 bits per heavy atom. The predicted molar refractivity (Wildman–Crippen MR) is 98.6 cm³/mol. The maximum atomic E-state index is 12.8. The van der Waals surface area contributed by atoms with Crippen molar-refractivity contribution in [2.75, 3.05) is 13.1 Å². The van der Waals surface area contributed by atoms with E-state index in [9.17, 15) is 4.79 Å². The Morgan fingerprint density at radius 3 is 2.76 bits per heavy atom. The fourth-order valence-electron chi connectivity index (χ4n) is 4.31. The lowest BCUT2D eigenvalue weighted by molar-refractivity contribution is 0.0920. The van der Waals surface area contributed by atoms with Gasteiger partial charge in [0.15, 0.2) is 5.69 Å². The van der Waals surface area contributed by atoms with Crippen LogP contribution < -0.4 is 10.6 Å². The van der Waals surface area contributed by atoms with Crippen LogP contribution in [0.3, 0.4) is 0 Å². The molecular weight excluding hydrogens is 314 g/mol. The zero-order chi connectivity index (χ0) is 17.8. The summed E-state index contributed by atoms with van der Waals surface area (Å²) in [6.45, 7) is 8.52. The van der Waals surface area contributed by atoms with Gasteiger partial charge in [0.05, 0.1) is 11.7 Å². The summed E-state index contributed by atoms with van der Waals surface area (Å²) in [6, 6.07) is 0.662. The first kappa shape index (κ1) is 18.4. The van der Waals surface area contributed by atoms with Crippen LogP contribution in [0.15, 0.2) is 0 Å².